The number of benzene rings is 3. The van der Waals surface area contributed by atoms with Crippen molar-refractivity contribution in [2.24, 2.45) is 0 Å². The first kappa shape index (κ1) is 24.3. The molecule has 1 unspecified atom stereocenters. The number of rotatable bonds is 7. The Hall–Kier alpha value is -3.38. The van der Waals surface area contributed by atoms with Gasteiger partial charge in [0.05, 0.1) is 5.56 Å². The molecule has 7 heteroatoms. The molecule has 0 aromatic heterocycles. The Morgan fingerprint density at radius 2 is 1.70 bits per heavy atom. The van der Waals surface area contributed by atoms with Gasteiger partial charge in [-0.25, -0.2) is 9.18 Å². The van der Waals surface area contributed by atoms with Gasteiger partial charge in [-0.2, -0.15) is 0 Å². The number of carbonyl (C=O) groups is 2. The molecule has 33 heavy (non-hydrogen) atoms. The van der Waals surface area contributed by atoms with E-state index in [1.54, 1.807) is 6.07 Å². The molecule has 0 saturated carbocycles. The van der Waals surface area contributed by atoms with Gasteiger partial charge in [-0.1, -0.05) is 29.8 Å². The molecule has 3 aromatic rings. The van der Waals surface area contributed by atoms with E-state index in [0.717, 1.165) is 33.9 Å². The van der Waals surface area contributed by atoms with Crippen molar-refractivity contribution in [1.82, 2.24) is 4.90 Å². The smallest absolute Gasteiger partial charge is 0.326 e. The van der Waals surface area contributed by atoms with Crippen molar-refractivity contribution < 1.29 is 19.1 Å². The first-order chi connectivity index (χ1) is 15.6. The monoisotopic (exact) mass is 468 g/mol. The Morgan fingerprint density at radius 3 is 2.30 bits per heavy atom. The number of nitrogens with zero attached hydrogens (tertiary/aromatic N) is 2. The van der Waals surface area contributed by atoms with E-state index in [2.05, 4.69) is 4.90 Å². The fourth-order valence-corrected chi connectivity index (χ4v) is 3.68. The molecule has 5 nitrogen and oxygen atoms in total. The molecule has 1 amide bonds. The van der Waals surface area contributed by atoms with Crippen molar-refractivity contribution in [1.29, 1.82) is 0 Å². The van der Waals surface area contributed by atoms with Crippen LogP contribution in [-0.2, 0) is 4.79 Å². The second-order valence-corrected chi connectivity index (χ2v) is 8.26. The topological polar surface area (TPSA) is 60.9 Å². The van der Waals surface area contributed by atoms with Crippen LogP contribution in [0, 0.1) is 12.7 Å². The normalized spacial score (nSPS) is 11.7. The van der Waals surface area contributed by atoms with Crippen LogP contribution >= 0.6 is 11.6 Å². The first-order valence-electron chi connectivity index (χ1n) is 10.6. The zero-order valence-corrected chi connectivity index (χ0v) is 19.7. The van der Waals surface area contributed by atoms with E-state index >= 15 is 0 Å². The highest BCUT2D eigenvalue weighted by atomic mass is 35.5. The van der Waals surface area contributed by atoms with Crippen molar-refractivity contribution >= 4 is 34.9 Å². The summed E-state index contributed by atoms with van der Waals surface area (Å²) >= 11 is 6.17. The standard InChI is InChI=1S/C26H26ClFN2O3/c1-5-30(21-10-12-23(27)16(2)13-21)20-8-6-7-18(14-20)19-9-11-22(24(28)15-19)25(31)29(4)17(3)26(32)33/h6-15,17H,5H2,1-4H3,(H,32,33). The number of amides is 1. The SMILES string of the molecule is CCN(c1cccc(-c2ccc(C(=O)N(C)C(C)C(=O)O)c(F)c2)c1)c1ccc(Cl)c(C)c1. The molecule has 3 rings (SSSR count). The number of aliphatic carboxylic acids is 1. The van der Waals surface area contributed by atoms with E-state index in [-0.39, 0.29) is 5.56 Å². The number of aryl methyl sites for hydroxylation is 1. The number of carbonyl (C=O) groups excluding carboxylic acids is 1. The summed E-state index contributed by atoms with van der Waals surface area (Å²) in [6.45, 7) is 6.10. The number of hydrogen-bond donors (Lipinski definition) is 1. The summed E-state index contributed by atoms with van der Waals surface area (Å²) in [7, 11) is 1.34. The zero-order chi connectivity index (χ0) is 24.3. The molecule has 1 atom stereocenters. The van der Waals surface area contributed by atoms with Crippen LogP contribution in [0.3, 0.4) is 0 Å². The van der Waals surface area contributed by atoms with E-state index in [9.17, 15) is 14.0 Å². The zero-order valence-electron chi connectivity index (χ0n) is 19.0. The molecule has 0 aliphatic rings. The third kappa shape index (κ3) is 5.17. The van der Waals surface area contributed by atoms with Crippen molar-refractivity contribution in [2.75, 3.05) is 18.5 Å². The molecule has 0 radical (unpaired) electrons. The molecule has 0 spiro atoms. The second-order valence-electron chi connectivity index (χ2n) is 7.85. The highest BCUT2D eigenvalue weighted by Gasteiger charge is 2.25. The van der Waals surface area contributed by atoms with Crippen molar-refractivity contribution in [3.8, 4) is 11.1 Å². The summed E-state index contributed by atoms with van der Waals surface area (Å²) in [6.07, 6.45) is 0. The summed E-state index contributed by atoms with van der Waals surface area (Å²) in [5, 5.41) is 9.82. The average molecular weight is 469 g/mol. The molecular weight excluding hydrogens is 443 g/mol. The van der Waals surface area contributed by atoms with Crippen LogP contribution in [0.5, 0.6) is 0 Å². The van der Waals surface area contributed by atoms with Gasteiger partial charge in [-0.15, -0.1) is 0 Å². The van der Waals surface area contributed by atoms with Gasteiger partial charge in [0, 0.05) is 30.0 Å². The summed E-state index contributed by atoms with van der Waals surface area (Å²) in [5.41, 5.74) is 4.15. The third-order valence-electron chi connectivity index (χ3n) is 5.72. The predicted octanol–water partition coefficient (Wildman–Crippen LogP) is 6.16. The highest BCUT2D eigenvalue weighted by Crippen LogP contribution is 2.32. The Labute approximate surface area is 198 Å². The second kappa shape index (κ2) is 10.0. The number of hydrogen-bond acceptors (Lipinski definition) is 3. The lowest BCUT2D eigenvalue weighted by Gasteiger charge is -2.24. The largest absolute Gasteiger partial charge is 0.480 e. The van der Waals surface area contributed by atoms with Gasteiger partial charge in [0.25, 0.3) is 5.91 Å². The average Bonchev–Trinajstić information content (AvgIpc) is 2.80. The number of carboxylic acid groups (broad SMARTS) is 1. The maximum absolute atomic E-state index is 14.9. The van der Waals surface area contributed by atoms with Crippen LogP contribution < -0.4 is 4.90 Å². The van der Waals surface area contributed by atoms with Crippen molar-refractivity contribution in [3.63, 3.8) is 0 Å². The molecule has 0 fully saturated rings. The quantitative estimate of drug-likeness (QED) is 0.451. The number of anilines is 2. The molecule has 0 saturated heterocycles. The minimum Gasteiger partial charge on any atom is -0.480 e. The molecule has 3 aromatic carbocycles. The van der Waals surface area contributed by atoms with Gasteiger partial charge in [0.1, 0.15) is 11.9 Å². The third-order valence-corrected chi connectivity index (χ3v) is 6.14. The molecule has 1 N–H and O–H groups in total. The van der Waals surface area contributed by atoms with Gasteiger partial charge in [-0.3, -0.25) is 4.79 Å². The van der Waals surface area contributed by atoms with Crippen molar-refractivity contribution in [2.45, 2.75) is 26.8 Å². The fourth-order valence-electron chi connectivity index (χ4n) is 3.56. The van der Waals surface area contributed by atoms with Gasteiger partial charge in [-0.05, 0) is 79.9 Å². The number of carboxylic acids is 1. The van der Waals surface area contributed by atoms with Gasteiger partial charge in [0.15, 0.2) is 0 Å². The summed E-state index contributed by atoms with van der Waals surface area (Å²) in [5.74, 6) is -2.54. The Morgan fingerprint density at radius 1 is 1.03 bits per heavy atom. The van der Waals surface area contributed by atoms with Gasteiger partial charge in [0.2, 0.25) is 0 Å². The Kier molecular flexibility index (Phi) is 7.39. The lowest BCUT2D eigenvalue weighted by molar-refractivity contribution is -0.141. The highest BCUT2D eigenvalue weighted by molar-refractivity contribution is 6.31. The summed E-state index contributed by atoms with van der Waals surface area (Å²) < 4.78 is 14.9. The van der Waals surface area contributed by atoms with E-state index in [0.29, 0.717) is 10.6 Å². The molecule has 0 bridgehead atoms. The Bertz CT molecular complexity index is 1200. The number of likely N-dealkylation sites (N-methyl/N-ethyl adjacent to an activating group) is 1. The lowest BCUT2D eigenvalue weighted by atomic mass is 10.0. The Balaban J connectivity index is 1.92. The molecule has 0 heterocycles. The van der Waals surface area contributed by atoms with Gasteiger partial charge >= 0.3 is 5.97 Å². The van der Waals surface area contributed by atoms with E-state index < -0.39 is 23.7 Å². The summed E-state index contributed by atoms with van der Waals surface area (Å²) in [6, 6.07) is 16.9. The van der Waals surface area contributed by atoms with Crippen LogP contribution in [0.25, 0.3) is 11.1 Å². The first-order valence-corrected chi connectivity index (χ1v) is 11.0. The van der Waals surface area contributed by atoms with E-state index in [1.165, 1.54) is 26.1 Å². The van der Waals surface area contributed by atoms with Crippen LogP contribution in [-0.4, -0.2) is 41.5 Å². The van der Waals surface area contributed by atoms with Gasteiger partial charge < -0.3 is 14.9 Å². The fraction of sp³-hybridized carbons (Fsp3) is 0.231. The lowest BCUT2D eigenvalue weighted by Crippen LogP contribution is -2.40. The van der Waals surface area contributed by atoms with Crippen molar-refractivity contribution in [3.05, 3.63) is 82.6 Å². The molecule has 172 valence electrons. The van der Waals surface area contributed by atoms with Crippen LogP contribution in [0.4, 0.5) is 15.8 Å². The van der Waals surface area contributed by atoms with Crippen LogP contribution in [0.1, 0.15) is 29.8 Å². The molecule has 0 aliphatic heterocycles. The minimum atomic E-state index is -1.16. The maximum atomic E-state index is 14.9. The molecule has 0 aliphatic carbocycles. The predicted molar refractivity (Wildman–Crippen MR) is 130 cm³/mol. The van der Waals surface area contributed by atoms with Crippen LogP contribution in [0.2, 0.25) is 5.02 Å². The maximum Gasteiger partial charge on any atom is 0.326 e. The van der Waals surface area contributed by atoms with E-state index in [1.807, 2.05) is 56.3 Å². The van der Waals surface area contributed by atoms with Crippen LogP contribution in [0.15, 0.2) is 60.7 Å². The summed E-state index contributed by atoms with van der Waals surface area (Å²) in [4.78, 5) is 26.8. The minimum absolute atomic E-state index is 0.169. The van der Waals surface area contributed by atoms with E-state index in [4.69, 9.17) is 16.7 Å². The number of halogens is 2. The molecular formula is C26H26ClFN2O3.